The van der Waals surface area contributed by atoms with E-state index in [1.54, 1.807) is 10.6 Å². The summed E-state index contributed by atoms with van der Waals surface area (Å²) in [5.41, 5.74) is 2.78. The Morgan fingerprint density at radius 1 is 0.943 bits per heavy atom. The Hall–Kier alpha value is -3.51. The third kappa shape index (κ3) is 5.28. The molecular formula is C28H27ClN4O2. The number of carbonyl (C=O) groups is 1. The number of amides is 1. The lowest BCUT2D eigenvalue weighted by molar-refractivity contribution is -0.137. The summed E-state index contributed by atoms with van der Waals surface area (Å²) in [5, 5.41) is 0.447. The number of carbonyl (C=O) groups excluding carboxylic acids is 1. The van der Waals surface area contributed by atoms with Crippen LogP contribution in [0.4, 0.5) is 0 Å². The summed E-state index contributed by atoms with van der Waals surface area (Å²) in [5.74, 6) is 0.877. The highest BCUT2D eigenvalue weighted by molar-refractivity contribution is 6.31. The van der Waals surface area contributed by atoms with Gasteiger partial charge in [0, 0.05) is 31.6 Å². The second kappa shape index (κ2) is 10.4. The molecule has 1 atom stereocenters. The molecule has 0 saturated carbocycles. The van der Waals surface area contributed by atoms with Gasteiger partial charge in [0.05, 0.1) is 17.1 Å². The predicted octanol–water partition coefficient (Wildman–Crippen LogP) is 5.01. The first-order valence-corrected chi connectivity index (χ1v) is 12.4. The summed E-state index contributed by atoms with van der Waals surface area (Å²) in [7, 11) is 0. The fourth-order valence-electron chi connectivity index (χ4n) is 4.83. The van der Waals surface area contributed by atoms with Crippen LogP contribution in [-0.4, -0.2) is 31.4 Å². The van der Waals surface area contributed by atoms with Crippen molar-refractivity contribution >= 4 is 28.5 Å². The number of fused-ring (bicyclic) bond motifs is 1. The first kappa shape index (κ1) is 23.2. The predicted molar refractivity (Wildman–Crippen MR) is 137 cm³/mol. The molecule has 1 fully saturated rings. The van der Waals surface area contributed by atoms with Gasteiger partial charge in [-0.1, -0.05) is 72.3 Å². The Balaban J connectivity index is 1.45. The molecule has 0 radical (unpaired) electrons. The molecule has 1 aliphatic heterocycles. The van der Waals surface area contributed by atoms with Gasteiger partial charge in [-0.05, 0) is 36.5 Å². The van der Waals surface area contributed by atoms with Crippen LogP contribution < -0.4 is 5.56 Å². The first-order valence-electron chi connectivity index (χ1n) is 12.0. The smallest absolute Gasteiger partial charge is 0.280 e. The molecule has 7 heteroatoms. The largest absolute Gasteiger partial charge is 0.335 e. The van der Waals surface area contributed by atoms with Crippen LogP contribution in [0.5, 0.6) is 0 Å². The van der Waals surface area contributed by atoms with E-state index in [1.807, 2.05) is 53.4 Å². The summed E-state index contributed by atoms with van der Waals surface area (Å²) in [6.07, 6.45) is 5.21. The van der Waals surface area contributed by atoms with Crippen LogP contribution in [-0.2, 0) is 24.3 Å². The minimum Gasteiger partial charge on any atom is -0.335 e. The third-order valence-electron chi connectivity index (χ3n) is 6.61. The molecule has 0 spiro atoms. The Kier molecular flexibility index (Phi) is 6.91. The van der Waals surface area contributed by atoms with Gasteiger partial charge in [-0.3, -0.25) is 14.2 Å². The molecule has 1 amide bonds. The highest BCUT2D eigenvalue weighted by Crippen LogP contribution is 2.25. The summed E-state index contributed by atoms with van der Waals surface area (Å²) in [4.78, 5) is 37.3. The summed E-state index contributed by atoms with van der Waals surface area (Å²) in [6.45, 7) is 1.02. The monoisotopic (exact) mass is 486 g/mol. The molecule has 1 aliphatic rings. The van der Waals surface area contributed by atoms with Crippen LogP contribution in [0.15, 0.2) is 77.7 Å². The number of piperidine rings is 1. The van der Waals surface area contributed by atoms with Crippen molar-refractivity contribution in [3.8, 4) is 0 Å². The van der Waals surface area contributed by atoms with Crippen LogP contribution in [0.3, 0.4) is 0 Å². The summed E-state index contributed by atoms with van der Waals surface area (Å²) < 4.78 is 1.71. The van der Waals surface area contributed by atoms with Gasteiger partial charge in [0.15, 0.2) is 5.52 Å². The summed E-state index contributed by atoms with van der Waals surface area (Å²) in [6, 6.07) is 21.8. The number of halogens is 1. The van der Waals surface area contributed by atoms with Gasteiger partial charge >= 0.3 is 0 Å². The lowest BCUT2D eigenvalue weighted by atomic mass is 9.96. The number of aryl methyl sites for hydroxylation is 1. The third-order valence-corrected chi connectivity index (χ3v) is 6.82. The Morgan fingerprint density at radius 2 is 1.63 bits per heavy atom. The maximum Gasteiger partial charge on any atom is 0.280 e. The van der Waals surface area contributed by atoms with Crippen LogP contribution >= 0.6 is 11.6 Å². The number of likely N-dealkylation sites (tertiary alicyclic amines) is 1. The van der Waals surface area contributed by atoms with Gasteiger partial charge in [0.2, 0.25) is 5.91 Å². The zero-order chi connectivity index (χ0) is 24.2. The van der Waals surface area contributed by atoms with Crippen molar-refractivity contribution in [3.05, 3.63) is 105 Å². The zero-order valence-corrected chi connectivity index (χ0v) is 20.2. The van der Waals surface area contributed by atoms with Crippen molar-refractivity contribution < 1.29 is 4.79 Å². The minimum atomic E-state index is -0.175. The molecule has 4 aromatic rings. The molecule has 2 aromatic carbocycles. The van der Waals surface area contributed by atoms with Crippen LogP contribution in [0, 0.1) is 0 Å². The first-order chi connectivity index (χ1) is 17.1. The zero-order valence-electron chi connectivity index (χ0n) is 19.4. The molecule has 0 aliphatic carbocycles. The van der Waals surface area contributed by atoms with Gasteiger partial charge < -0.3 is 4.90 Å². The fraction of sp³-hybridized carbons (Fsp3) is 0.286. The van der Waals surface area contributed by atoms with Crippen LogP contribution in [0.1, 0.15) is 42.6 Å². The molecule has 1 saturated heterocycles. The van der Waals surface area contributed by atoms with Crippen molar-refractivity contribution in [2.45, 2.75) is 51.2 Å². The Labute approximate surface area is 209 Å². The molecule has 1 unspecified atom stereocenters. The second-order valence-electron chi connectivity index (χ2n) is 9.02. The number of pyridine rings is 1. The summed E-state index contributed by atoms with van der Waals surface area (Å²) >= 11 is 6.15. The van der Waals surface area contributed by atoms with Gasteiger partial charge in [-0.2, -0.15) is 0 Å². The number of hydrogen-bond donors (Lipinski definition) is 0. The average Bonchev–Trinajstić information content (AvgIpc) is 2.87. The molecule has 35 heavy (non-hydrogen) atoms. The topological polar surface area (TPSA) is 68.1 Å². The normalized spacial score (nSPS) is 16.1. The van der Waals surface area contributed by atoms with Crippen molar-refractivity contribution in [3.63, 3.8) is 0 Å². The van der Waals surface area contributed by atoms with E-state index in [-0.39, 0.29) is 17.5 Å². The Morgan fingerprint density at radius 3 is 2.34 bits per heavy atom. The number of aromatic nitrogens is 3. The number of nitrogens with zero attached hydrogens (tertiary/aromatic N) is 4. The van der Waals surface area contributed by atoms with Crippen molar-refractivity contribution in [2.24, 2.45) is 0 Å². The van der Waals surface area contributed by atoms with E-state index in [9.17, 15) is 9.59 Å². The van der Waals surface area contributed by atoms with Gasteiger partial charge in [0.25, 0.3) is 5.56 Å². The molecule has 0 bridgehead atoms. The average molecular weight is 487 g/mol. The van der Waals surface area contributed by atoms with Gasteiger partial charge in [0.1, 0.15) is 5.82 Å². The van der Waals surface area contributed by atoms with E-state index in [2.05, 4.69) is 17.1 Å². The molecule has 5 rings (SSSR count). The van der Waals surface area contributed by atoms with E-state index in [0.717, 1.165) is 30.4 Å². The number of benzene rings is 2. The Bertz CT molecular complexity index is 1390. The van der Waals surface area contributed by atoms with Gasteiger partial charge in [-0.15, -0.1) is 0 Å². The van der Waals surface area contributed by atoms with E-state index < -0.39 is 0 Å². The van der Waals surface area contributed by atoms with Crippen molar-refractivity contribution in [1.29, 1.82) is 0 Å². The fourth-order valence-corrected chi connectivity index (χ4v) is 4.98. The van der Waals surface area contributed by atoms with E-state index in [4.69, 9.17) is 16.6 Å². The van der Waals surface area contributed by atoms with Gasteiger partial charge in [-0.25, -0.2) is 9.97 Å². The van der Waals surface area contributed by atoms with Crippen molar-refractivity contribution in [2.75, 3.05) is 0 Å². The second-order valence-corrected chi connectivity index (χ2v) is 9.45. The minimum absolute atomic E-state index is 0.103. The number of rotatable bonds is 7. The highest BCUT2D eigenvalue weighted by Gasteiger charge is 2.28. The van der Waals surface area contributed by atoms with E-state index in [1.165, 1.54) is 6.20 Å². The highest BCUT2D eigenvalue weighted by atomic mass is 35.5. The van der Waals surface area contributed by atoms with Crippen LogP contribution in [0.2, 0.25) is 5.02 Å². The molecule has 0 N–H and O–H groups in total. The standard InChI is InChI=1S/C28H27ClN4O2/c29-22-16-24-27(30-17-22)28(35)33(19-21-10-5-2-6-11-21)25(31-24)15-14-23-12-7-13-26(34)32(23)18-20-8-3-1-4-9-20/h1-6,8-11,16-17,23H,7,12-15,18-19H2. The van der Waals surface area contributed by atoms with Crippen molar-refractivity contribution in [1.82, 2.24) is 19.4 Å². The van der Waals surface area contributed by atoms with E-state index >= 15 is 0 Å². The molecule has 3 heterocycles. The molecular weight excluding hydrogens is 460 g/mol. The maximum atomic E-state index is 13.4. The lowest BCUT2D eigenvalue weighted by Gasteiger charge is -2.36. The van der Waals surface area contributed by atoms with E-state index in [0.29, 0.717) is 47.8 Å². The number of hydrogen-bond acceptors (Lipinski definition) is 4. The van der Waals surface area contributed by atoms with Crippen LogP contribution in [0.25, 0.3) is 11.0 Å². The molecule has 178 valence electrons. The lowest BCUT2D eigenvalue weighted by Crippen LogP contribution is -2.43. The SMILES string of the molecule is O=C1CCCC(CCc2nc3cc(Cl)cnc3c(=O)n2Cc2ccccc2)N1Cc1ccccc1. The molecule has 6 nitrogen and oxygen atoms in total. The maximum absolute atomic E-state index is 13.4. The molecule has 2 aromatic heterocycles. The quantitative estimate of drug-likeness (QED) is 0.368.